The van der Waals surface area contributed by atoms with E-state index in [4.69, 9.17) is 12.2 Å². The number of aromatic carboxylic acids is 1. The SMILES string of the molecule is O=C1NC(=S)N(c2cccc(C(=O)O)c2)C(=O)/C1=C\c1ccc(N2CCCC2)cc1. The average molecular weight is 421 g/mol. The number of carboxylic acid groups (broad SMARTS) is 1. The molecule has 2 fully saturated rings. The standard InChI is InChI=1S/C22H19N3O4S/c26-19-18(12-14-6-8-16(9-7-14)24-10-1-2-11-24)20(27)25(22(30)23-19)17-5-3-4-15(13-17)21(28)29/h3-9,12-13H,1-2,10-11H2,(H,28,29)(H,23,26,30)/b18-12-. The van der Waals surface area contributed by atoms with E-state index < -0.39 is 17.8 Å². The van der Waals surface area contributed by atoms with Crippen LogP contribution < -0.4 is 15.1 Å². The van der Waals surface area contributed by atoms with Gasteiger partial charge in [0.15, 0.2) is 5.11 Å². The molecule has 2 N–H and O–H groups in total. The first-order valence-corrected chi connectivity index (χ1v) is 9.95. The molecule has 152 valence electrons. The van der Waals surface area contributed by atoms with Crippen LogP contribution in [0.2, 0.25) is 0 Å². The Kier molecular flexibility index (Phi) is 5.33. The zero-order valence-electron chi connectivity index (χ0n) is 16.0. The molecule has 2 aliphatic rings. The lowest BCUT2D eigenvalue weighted by atomic mass is 10.1. The minimum absolute atomic E-state index is 0.0167. The number of nitrogens with zero attached hydrogens (tertiary/aromatic N) is 2. The van der Waals surface area contributed by atoms with Crippen LogP contribution in [0.3, 0.4) is 0 Å². The molecule has 2 aromatic rings. The third-order valence-electron chi connectivity index (χ3n) is 5.13. The van der Waals surface area contributed by atoms with Crippen molar-refractivity contribution in [3.05, 3.63) is 65.2 Å². The van der Waals surface area contributed by atoms with Gasteiger partial charge in [-0.05, 0) is 67.0 Å². The molecule has 0 unspecified atom stereocenters. The summed E-state index contributed by atoms with van der Waals surface area (Å²) in [6.45, 7) is 2.06. The summed E-state index contributed by atoms with van der Waals surface area (Å²) in [6.07, 6.45) is 3.87. The van der Waals surface area contributed by atoms with Gasteiger partial charge in [-0.3, -0.25) is 19.8 Å². The second-order valence-corrected chi connectivity index (χ2v) is 7.49. The summed E-state index contributed by atoms with van der Waals surface area (Å²) in [6, 6.07) is 13.5. The number of hydrogen-bond donors (Lipinski definition) is 2. The van der Waals surface area contributed by atoms with E-state index in [-0.39, 0.29) is 21.9 Å². The Morgan fingerprint density at radius 2 is 1.73 bits per heavy atom. The van der Waals surface area contributed by atoms with Crippen molar-refractivity contribution in [2.24, 2.45) is 0 Å². The number of carbonyl (C=O) groups is 3. The van der Waals surface area contributed by atoms with Crippen LogP contribution in [0.5, 0.6) is 0 Å². The molecule has 0 atom stereocenters. The number of amides is 2. The normalized spacial score (nSPS) is 18.1. The molecule has 0 aromatic heterocycles. The van der Waals surface area contributed by atoms with Crippen molar-refractivity contribution in [3.63, 3.8) is 0 Å². The van der Waals surface area contributed by atoms with Crippen molar-refractivity contribution in [2.45, 2.75) is 12.8 Å². The van der Waals surface area contributed by atoms with Crippen LogP contribution in [0.1, 0.15) is 28.8 Å². The van der Waals surface area contributed by atoms with Gasteiger partial charge in [-0.25, -0.2) is 4.79 Å². The van der Waals surface area contributed by atoms with E-state index in [0.717, 1.165) is 23.7 Å². The first-order valence-electron chi connectivity index (χ1n) is 9.54. The lowest BCUT2D eigenvalue weighted by molar-refractivity contribution is -0.122. The highest BCUT2D eigenvalue weighted by atomic mass is 32.1. The molecule has 30 heavy (non-hydrogen) atoms. The maximum Gasteiger partial charge on any atom is 0.335 e. The smallest absolute Gasteiger partial charge is 0.335 e. The maximum atomic E-state index is 13.1. The van der Waals surface area contributed by atoms with E-state index >= 15 is 0 Å². The molecule has 0 spiro atoms. The largest absolute Gasteiger partial charge is 0.478 e. The molecule has 2 saturated heterocycles. The van der Waals surface area contributed by atoms with Gasteiger partial charge in [0.05, 0.1) is 11.3 Å². The van der Waals surface area contributed by atoms with Crippen molar-refractivity contribution >= 4 is 52.6 Å². The fraction of sp³-hybridized carbons (Fsp3) is 0.182. The summed E-state index contributed by atoms with van der Waals surface area (Å²) >= 11 is 5.16. The number of hydrogen-bond acceptors (Lipinski definition) is 5. The molecule has 0 radical (unpaired) electrons. The van der Waals surface area contributed by atoms with Gasteiger partial charge in [0.25, 0.3) is 11.8 Å². The molecule has 2 aromatic carbocycles. The molecule has 7 nitrogen and oxygen atoms in total. The topological polar surface area (TPSA) is 90.0 Å². The van der Waals surface area contributed by atoms with Crippen molar-refractivity contribution < 1.29 is 19.5 Å². The minimum Gasteiger partial charge on any atom is -0.478 e. The predicted octanol–water partition coefficient (Wildman–Crippen LogP) is 2.82. The summed E-state index contributed by atoms with van der Waals surface area (Å²) in [5, 5.41) is 11.6. The molecule has 0 bridgehead atoms. The number of nitrogens with one attached hydrogen (secondary N) is 1. The van der Waals surface area contributed by atoms with Gasteiger partial charge in [0.2, 0.25) is 0 Å². The first kappa shape index (κ1) is 19.8. The summed E-state index contributed by atoms with van der Waals surface area (Å²) in [5.41, 5.74) is 2.05. The van der Waals surface area contributed by atoms with Crippen LogP contribution in [0.25, 0.3) is 6.08 Å². The maximum absolute atomic E-state index is 13.1. The summed E-state index contributed by atoms with van der Waals surface area (Å²) in [5.74, 6) is -2.31. The highest BCUT2D eigenvalue weighted by molar-refractivity contribution is 7.80. The summed E-state index contributed by atoms with van der Waals surface area (Å²) in [7, 11) is 0. The number of thiocarbonyl (C=S) groups is 1. The van der Waals surface area contributed by atoms with Crippen molar-refractivity contribution in [1.82, 2.24) is 5.32 Å². The van der Waals surface area contributed by atoms with E-state index in [9.17, 15) is 19.5 Å². The van der Waals surface area contributed by atoms with Gasteiger partial charge in [-0.15, -0.1) is 0 Å². The molecule has 0 saturated carbocycles. The summed E-state index contributed by atoms with van der Waals surface area (Å²) < 4.78 is 0. The summed E-state index contributed by atoms with van der Waals surface area (Å²) in [4.78, 5) is 40.2. The second-order valence-electron chi connectivity index (χ2n) is 7.10. The van der Waals surface area contributed by atoms with E-state index in [1.54, 1.807) is 6.07 Å². The fourth-order valence-electron chi connectivity index (χ4n) is 3.59. The second kappa shape index (κ2) is 8.08. The van der Waals surface area contributed by atoms with Crippen LogP contribution >= 0.6 is 12.2 Å². The Morgan fingerprint density at radius 3 is 2.40 bits per heavy atom. The monoisotopic (exact) mass is 421 g/mol. The van der Waals surface area contributed by atoms with Crippen LogP contribution in [-0.2, 0) is 9.59 Å². The average Bonchev–Trinajstić information content (AvgIpc) is 3.26. The number of anilines is 2. The van der Waals surface area contributed by atoms with E-state index in [1.807, 2.05) is 24.3 Å². The van der Waals surface area contributed by atoms with Gasteiger partial charge in [0, 0.05) is 18.8 Å². The molecule has 2 amide bonds. The number of carbonyl (C=O) groups excluding carboxylic acids is 2. The molecular weight excluding hydrogens is 402 g/mol. The van der Waals surface area contributed by atoms with Crippen LogP contribution in [-0.4, -0.2) is 41.1 Å². The van der Waals surface area contributed by atoms with Crippen molar-refractivity contribution in [2.75, 3.05) is 22.9 Å². The molecule has 8 heteroatoms. The van der Waals surface area contributed by atoms with Crippen molar-refractivity contribution in [1.29, 1.82) is 0 Å². The molecule has 2 aliphatic heterocycles. The van der Waals surface area contributed by atoms with E-state index in [2.05, 4.69) is 10.2 Å². The lowest BCUT2D eigenvalue weighted by Crippen LogP contribution is -2.54. The quantitative estimate of drug-likeness (QED) is 0.448. The van der Waals surface area contributed by atoms with Crippen LogP contribution in [0, 0.1) is 0 Å². The zero-order valence-corrected chi connectivity index (χ0v) is 16.8. The Balaban J connectivity index is 1.63. The highest BCUT2D eigenvalue weighted by Gasteiger charge is 2.34. The van der Waals surface area contributed by atoms with E-state index in [0.29, 0.717) is 5.56 Å². The lowest BCUT2D eigenvalue weighted by Gasteiger charge is -2.29. The fourth-order valence-corrected chi connectivity index (χ4v) is 3.87. The van der Waals surface area contributed by atoms with E-state index in [1.165, 1.54) is 37.1 Å². The number of carboxylic acids is 1. The highest BCUT2D eigenvalue weighted by Crippen LogP contribution is 2.25. The van der Waals surface area contributed by atoms with Gasteiger partial charge < -0.3 is 10.0 Å². The van der Waals surface area contributed by atoms with Gasteiger partial charge in [-0.1, -0.05) is 18.2 Å². The van der Waals surface area contributed by atoms with Gasteiger partial charge in [0.1, 0.15) is 5.57 Å². The van der Waals surface area contributed by atoms with Crippen molar-refractivity contribution in [3.8, 4) is 0 Å². The molecular formula is C22H19N3O4S. The number of rotatable bonds is 4. The molecule has 0 aliphatic carbocycles. The third kappa shape index (κ3) is 3.81. The molecule has 4 rings (SSSR count). The first-order chi connectivity index (χ1) is 14.4. The predicted molar refractivity (Wildman–Crippen MR) is 117 cm³/mol. The minimum atomic E-state index is -1.12. The van der Waals surface area contributed by atoms with Gasteiger partial charge >= 0.3 is 5.97 Å². The Bertz CT molecular complexity index is 1070. The molecule has 2 heterocycles. The van der Waals surface area contributed by atoms with Crippen LogP contribution in [0.15, 0.2) is 54.1 Å². The van der Waals surface area contributed by atoms with Gasteiger partial charge in [-0.2, -0.15) is 0 Å². The Morgan fingerprint density at radius 1 is 1.03 bits per heavy atom. The Hall–Kier alpha value is -3.52. The third-order valence-corrected chi connectivity index (χ3v) is 5.41. The Labute approximate surface area is 178 Å². The van der Waals surface area contributed by atoms with Crippen LogP contribution in [0.4, 0.5) is 11.4 Å². The zero-order chi connectivity index (χ0) is 21.3. The number of benzene rings is 2.